The number of halogens is 1. The van der Waals surface area contributed by atoms with E-state index in [9.17, 15) is 0 Å². The number of anilines is 1. The number of hydrogen-bond donors (Lipinski definition) is 1. The molecule has 2 aromatic rings. The Morgan fingerprint density at radius 2 is 2.19 bits per heavy atom. The van der Waals surface area contributed by atoms with Crippen molar-refractivity contribution in [2.45, 2.75) is 19.8 Å². The predicted octanol–water partition coefficient (Wildman–Crippen LogP) is 3.06. The highest BCUT2D eigenvalue weighted by atomic mass is 35.5. The Kier molecular flexibility index (Phi) is 3.15. The summed E-state index contributed by atoms with van der Waals surface area (Å²) in [5.41, 5.74) is 7.82. The molecule has 0 saturated heterocycles. The first-order valence-electron chi connectivity index (χ1n) is 5.31. The molecule has 0 fully saturated rings. The topological polar surface area (TPSA) is 43.8 Å². The lowest BCUT2D eigenvalue weighted by molar-refractivity contribution is 0.811. The van der Waals surface area contributed by atoms with E-state index in [4.69, 9.17) is 17.3 Å². The van der Waals surface area contributed by atoms with Crippen LogP contribution in [0.2, 0.25) is 5.02 Å². The average Bonchev–Trinajstić information content (AvgIpc) is 2.60. The maximum absolute atomic E-state index is 5.93. The number of rotatable bonds is 3. The van der Waals surface area contributed by atoms with Crippen LogP contribution in [-0.2, 0) is 6.42 Å². The van der Waals surface area contributed by atoms with Gasteiger partial charge in [0.25, 0.3) is 0 Å². The molecular weight excluding hydrogens is 222 g/mol. The van der Waals surface area contributed by atoms with E-state index in [-0.39, 0.29) is 0 Å². The monoisotopic (exact) mass is 235 g/mol. The van der Waals surface area contributed by atoms with Crippen LogP contribution in [0.25, 0.3) is 5.69 Å². The van der Waals surface area contributed by atoms with Gasteiger partial charge in [0.15, 0.2) is 0 Å². The summed E-state index contributed by atoms with van der Waals surface area (Å²) in [5, 5.41) is 5.13. The summed E-state index contributed by atoms with van der Waals surface area (Å²) in [6.07, 6.45) is 2.00. The summed E-state index contributed by atoms with van der Waals surface area (Å²) in [4.78, 5) is 0. The van der Waals surface area contributed by atoms with Crippen molar-refractivity contribution in [1.82, 2.24) is 9.78 Å². The molecule has 4 heteroatoms. The van der Waals surface area contributed by atoms with E-state index < -0.39 is 0 Å². The van der Waals surface area contributed by atoms with Crippen molar-refractivity contribution in [3.63, 3.8) is 0 Å². The molecule has 0 aliphatic rings. The first kappa shape index (κ1) is 11.0. The van der Waals surface area contributed by atoms with Crippen molar-refractivity contribution in [1.29, 1.82) is 0 Å². The van der Waals surface area contributed by atoms with Crippen LogP contribution in [0.4, 0.5) is 5.82 Å². The number of benzene rings is 1. The largest absolute Gasteiger partial charge is 0.384 e. The third-order valence-electron chi connectivity index (χ3n) is 2.35. The highest BCUT2D eigenvalue weighted by Gasteiger charge is 2.06. The molecule has 0 spiro atoms. The minimum Gasteiger partial charge on any atom is -0.384 e. The van der Waals surface area contributed by atoms with Crippen molar-refractivity contribution < 1.29 is 0 Å². The fourth-order valence-electron chi connectivity index (χ4n) is 1.64. The van der Waals surface area contributed by atoms with E-state index in [1.807, 2.05) is 30.3 Å². The molecule has 1 aromatic carbocycles. The lowest BCUT2D eigenvalue weighted by Gasteiger charge is -2.03. The molecule has 0 bridgehead atoms. The van der Waals surface area contributed by atoms with Crippen molar-refractivity contribution in [3.05, 3.63) is 41.0 Å². The fraction of sp³-hybridized carbons (Fsp3) is 0.250. The number of nitrogens with two attached hydrogens (primary N) is 1. The number of aromatic nitrogens is 2. The van der Waals surface area contributed by atoms with Gasteiger partial charge in [-0.25, -0.2) is 4.68 Å². The summed E-state index contributed by atoms with van der Waals surface area (Å²) < 4.78 is 1.72. The molecule has 0 unspecified atom stereocenters. The zero-order valence-electron chi connectivity index (χ0n) is 9.15. The van der Waals surface area contributed by atoms with Crippen LogP contribution in [0.5, 0.6) is 0 Å². The molecule has 0 saturated carbocycles. The molecule has 0 aliphatic heterocycles. The van der Waals surface area contributed by atoms with E-state index in [2.05, 4.69) is 12.0 Å². The standard InChI is InChI=1S/C12H14ClN3/c1-2-4-10-8-12(14)16(15-10)11-6-3-5-9(13)7-11/h3,5-8H,2,4,14H2,1H3. The smallest absolute Gasteiger partial charge is 0.127 e. The minimum atomic E-state index is 0.644. The molecule has 1 aromatic heterocycles. The Labute approximate surface area is 99.8 Å². The Balaban J connectivity index is 2.40. The van der Waals surface area contributed by atoms with Gasteiger partial charge >= 0.3 is 0 Å². The van der Waals surface area contributed by atoms with Gasteiger partial charge in [0.05, 0.1) is 11.4 Å². The number of hydrogen-bond acceptors (Lipinski definition) is 2. The average molecular weight is 236 g/mol. The molecule has 2 N–H and O–H groups in total. The van der Waals surface area contributed by atoms with E-state index in [0.717, 1.165) is 24.2 Å². The third kappa shape index (κ3) is 2.19. The molecule has 16 heavy (non-hydrogen) atoms. The lowest BCUT2D eigenvalue weighted by Crippen LogP contribution is -2.01. The number of nitrogens with zero attached hydrogens (tertiary/aromatic N) is 2. The fourth-order valence-corrected chi connectivity index (χ4v) is 1.82. The van der Waals surface area contributed by atoms with Gasteiger partial charge in [-0.3, -0.25) is 0 Å². The van der Waals surface area contributed by atoms with Gasteiger partial charge in [-0.2, -0.15) is 5.10 Å². The van der Waals surface area contributed by atoms with Crippen molar-refractivity contribution >= 4 is 17.4 Å². The van der Waals surface area contributed by atoms with Crippen LogP contribution in [0, 0.1) is 0 Å². The zero-order chi connectivity index (χ0) is 11.5. The normalized spacial score (nSPS) is 10.6. The number of nitrogen functional groups attached to an aromatic ring is 1. The predicted molar refractivity (Wildman–Crippen MR) is 67.0 cm³/mol. The molecule has 84 valence electrons. The van der Waals surface area contributed by atoms with E-state index in [0.29, 0.717) is 10.8 Å². The van der Waals surface area contributed by atoms with Crippen LogP contribution in [0.3, 0.4) is 0 Å². The summed E-state index contributed by atoms with van der Waals surface area (Å²) in [6, 6.07) is 9.41. The Bertz CT molecular complexity index is 491. The summed E-state index contributed by atoms with van der Waals surface area (Å²) in [7, 11) is 0. The Hall–Kier alpha value is -1.48. The maximum Gasteiger partial charge on any atom is 0.127 e. The highest BCUT2D eigenvalue weighted by Crippen LogP contribution is 2.18. The quantitative estimate of drug-likeness (QED) is 0.889. The summed E-state index contributed by atoms with van der Waals surface area (Å²) in [6.45, 7) is 2.12. The van der Waals surface area contributed by atoms with Crippen LogP contribution >= 0.6 is 11.6 Å². The van der Waals surface area contributed by atoms with Gasteiger partial charge in [0.1, 0.15) is 5.82 Å². The summed E-state index contributed by atoms with van der Waals surface area (Å²) >= 11 is 5.93. The molecule has 0 amide bonds. The molecule has 0 aliphatic carbocycles. The second-order valence-electron chi connectivity index (χ2n) is 3.70. The Morgan fingerprint density at radius 3 is 2.88 bits per heavy atom. The first-order valence-corrected chi connectivity index (χ1v) is 5.69. The van der Waals surface area contributed by atoms with E-state index in [1.54, 1.807) is 4.68 Å². The molecule has 0 atom stereocenters. The minimum absolute atomic E-state index is 0.644. The van der Waals surface area contributed by atoms with Gasteiger partial charge in [0, 0.05) is 11.1 Å². The van der Waals surface area contributed by atoms with Crippen molar-refractivity contribution in [2.24, 2.45) is 0 Å². The molecule has 1 heterocycles. The molecule has 0 radical (unpaired) electrons. The first-order chi connectivity index (χ1) is 7.70. The van der Waals surface area contributed by atoms with Crippen LogP contribution in [0.15, 0.2) is 30.3 Å². The van der Waals surface area contributed by atoms with Gasteiger partial charge in [-0.1, -0.05) is 31.0 Å². The van der Waals surface area contributed by atoms with Gasteiger partial charge < -0.3 is 5.73 Å². The van der Waals surface area contributed by atoms with Crippen molar-refractivity contribution in [3.8, 4) is 5.69 Å². The van der Waals surface area contributed by atoms with Crippen LogP contribution in [0.1, 0.15) is 19.0 Å². The second kappa shape index (κ2) is 4.58. The van der Waals surface area contributed by atoms with Gasteiger partial charge in [-0.15, -0.1) is 0 Å². The van der Waals surface area contributed by atoms with Crippen LogP contribution in [-0.4, -0.2) is 9.78 Å². The zero-order valence-corrected chi connectivity index (χ0v) is 9.91. The summed E-state index contributed by atoms with van der Waals surface area (Å²) in [5.74, 6) is 0.644. The van der Waals surface area contributed by atoms with E-state index in [1.165, 1.54) is 0 Å². The SMILES string of the molecule is CCCc1cc(N)n(-c2cccc(Cl)c2)n1. The molecule has 3 nitrogen and oxygen atoms in total. The third-order valence-corrected chi connectivity index (χ3v) is 2.58. The molecular formula is C12H14ClN3. The highest BCUT2D eigenvalue weighted by molar-refractivity contribution is 6.30. The van der Waals surface area contributed by atoms with Crippen molar-refractivity contribution in [2.75, 3.05) is 5.73 Å². The lowest BCUT2D eigenvalue weighted by atomic mass is 10.2. The second-order valence-corrected chi connectivity index (χ2v) is 4.14. The number of aryl methyl sites for hydroxylation is 1. The van der Waals surface area contributed by atoms with Gasteiger partial charge in [0.2, 0.25) is 0 Å². The maximum atomic E-state index is 5.93. The van der Waals surface area contributed by atoms with Crippen LogP contribution < -0.4 is 5.73 Å². The van der Waals surface area contributed by atoms with Gasteiger partial charge in [-0.05, 0) is 24.6 Å². The Morgan fingerprint density at radius 1 is 1.38 bits per heavy atom. The molecule has 2 rings (SSSR count). The van der Waals surface area contributed by atoms with E-state index >= 15 is 0 Å².